The summed E-state index contributed by atoms with van der Waals surface area (Å²) in [7, 11) is 1.84. The molecule has 1 aromatic carbocycles. The second kappa shape index (κ2) is 9.97. The molecule has 3 aliphatic rings. The van der Waals surface area contributed by atoms with Crippen molar-refractivity contribution in [2.24, 2.45) is 11.8 Å². The van der Waals surface area contributed by atoms with Gasteiger partial charge in [-0.2, -0.15) is 19.6 Å². The van der Waals surface area contributed by atoms with Gasteiger partial charge in [0.2, 0.25) is 0 Å². The van der Waals surface area contributed by atoms with Crippen molar-refractivity contribution in [3.8, 4) is 0 Å². The minimum Gasteiger partial charge on any atom is -0.381 e. The molecule has 36 heavy (non-hydrogen) atoms. The van der Waals surface area contributed by atoms with Gasteiger partial charge in [0.05, 0.1) is 12.1 Å². The summed E-state index contributed by atoms with van der Waals surface area (Å²) in [5.41, 5.74) is 0.974. The normalized spacial score (nSPS) is 26.0. The third-order valence-corrected chi connectivity index (χ3v) is 8.90. The molecule has 1 N–H and O–H groups in total. The highest BCUT2D eigenvalue weighted by Crippen LogP contribution is 2.37. The lowest BCUT2D eigenvalue weighted by Gasteiger charge is -2.50. The maximum absolute atomic E-state index is 6.46. The van der Waals surface area contributed by atoms with E-state index in [1.165, 1.54) is 38.8 Å². The van der Waals surface area contributed by atoms with Gasteiger partial charge in [-0.25, -0.2) is 0 Å². The fourth-order valence-electron chi connectivity index (χ4n) is 6.00. The Labute approximate surface area is 221 Å². The summed E-state index contributed by atoms with van der Waals surface area (Å²) < 4.78 is 7.24. The summed E-state index contributed by atoms with van der Waals surface area (Å²) in [6.07, 6.45) is 7.03. The average molecular weight is 531 g/mol. The lowest BCUT2D eigenvalue weighted by atomic mass is 9.78. The molecule has 0 spiro atoms. The Morgan fingerprint density at radius 1 is 1.11 bits per heavy atom. The van der Waals surface area contributed by atoms with E-state index in [1.54, 1.807) is 16.9 Å². The zero-order valence-corrected chi connectivity index (χ0v) is 22.3. The molecule has 2 atom stereocenters. The Hall–Kier alpha value is -2.13. The van der Waals surface area contributed by atoms with E-state index in [0.717, 1.165) is 42.2 Å². The van der Waals surface area contributed by atoms with Gasteiger partial charge in [0.1, 0.15) is 18.0 Å². The van der Waals surface area contributed by atoms with Crippen LogP contribution in [0.2, 0.25) is 10.0 Å². The number of ether oxygens (including phenoxy) is 1. The molecule has 6 rings (SSSR count). The number of likely N-dealkylation sites (tertiary alicyclic amines) is 1. The van der Waals surface area contributed by atoms with Crippen LogP contribution in [0.1, 0.15) is 44.2 Å². The monoisotopic (exact) mass is 529 g/mol. The van der Waals surface area contributed by atoms with Crippen LogP contribution in [0.3, 0.4) is 0 Å². The predicted molar refractivity (Wildman–Crippen MR) is 143 cm³/mol. The Kier molecular flexibility index (Phi) is 6.71. The summed E-state index contributed by atoms with van der Waals surface area (Å²) >= 11 is 12.5. The van der Waals surface area contributed by atoms with Crippen LogP contribution >= 0.6 is 23.2 Å². The van der Waals surface area contributed by atoms with Gasteiger partial charge in [0, 0.05) is 48.9 Å². The highest BCUT2D eigenvalue weighted by molar-refractivity contribution is 6.35. The number of hydrogen-bond donors (Lipinski definition) is 1. The maximum atomic E-state index is 6.46. The van der Waals surface area contributed by atoms with Crippen LogP contribution in [0.15, 0.2) is 30.6 Å². The number of anilines is 2. The first-order valence-corrected chi connectivity index (χ1v) is 13.7. The van der Waals surface area contributed by atoms with Gasteiger partial charge in [-0.15, -0.1) is 0 Å². The van der Waals surface area contributed by atoms with Crippen molar-refractivity contribution in [2.75, 3.05) is 43.5 Å². The number of nitrogens with one attached hydrogen (secondary N) is 1. The average Bonchev–Trinajstić information content (AvgIpc) is 3.27. The molecule has 192 valence electrons. The number of nitrogens with zero attached hydrogens (tertiary/aromatic N) is 6. The standard InChI is InChI=1S/C26H33Cl2N7O/c1-16(22-6-5-19(27)8-23(22)28)31-25-11-24(32-26-29-15-30-35(25)26)34-13-18(14-34)17-4-3-7-33(12-17)20-9-21(10-20)36-2/h5-6,8,11,15-18,20-21,31H,3-4,7,9-10,12-14H2,1-2H3/t16?,17?,20-,21+. The Balaban J connectivity index is 1.13. The van der Waals surface area contributed by atoms with Gasteiger partial charge in [0.15, 0.2) is 0 Å². The minimum absolute atomic E-state index is 0.0426. The van der Waals surface area contributed by atoms with Crippen LogP contribution < -0.4 is 10.2 Å². The number of aromatic nitrogens is 4. The zero-order chi connectivity index (χ0) is 24.8. The molecular weight excluding hydrogens is 497 g/mol. The molecule has 0 radical (unpaired) electrons. The second-order valence-corrected chi connectivity index (χ2v) is 11.4. The third kappa shape index (κ3) is 4.64. The number of fused-ring (bicyclic) bond motifs is 1. The number of methoxy groups -OCH3 is 1. The number of benzene rings is 1. The molecule has 2 aliphatic heterocycles. The first kappa shape index (κ1) is 24.2. The van der Waals surface area contributed by atoms with Crippen LogP contribution in [0, 0.1) is 11.8 Å². The fourth-order valence-corrected chi connectivity index (χ4v) is 6.57. The Morgan fingerprint density at radius 2 is 1.94 bits per heavy atom. The Morgan fingerprint density at radius 3 is 2.72 bits per heavy atom. The lowest BCUT2D eigenvalue weighted by Crippen LogP contribution is -2.57. The van der Waals surface area contributed by atoms with Gasteiger partial charge < -0.3 is 15.0 Å². The van der Waals surface area contributed by atoms with E-state index in [0.29, 0.717) is 27.8 Å². The molecule has 2 saturated heterocycles. The second-order valence-electron chi connectivity index (χ2n) is 10.5. The van der Waals surface area contributed by atoms with E-state index in [2.05, 4.69) is 38.2 Å². The molecule has 0 amide bonds. The van der Waals surface area contributed by atoms with Gasteiger partial charge in [-0.05, 0) is 68.7 Å². The van der Waals surface area contributed by atoms with Crippen LogP contribution in [0.25, 0.3) is 5.78 Å². The smallest absolute Gasteiger partial charge is 0.256 e. The first-order chi connectivity index (χ1) is 17.5. The van der Waals surface area contributed by atoms with E-state index < -0.39 is 0 Å². The molecule has 3 aromatic rings. The molecule has 2 aromatic heterocycles. The van der Waals surface area contributed by atoms with Crippen molar-refractivity contribution in [3.05, 3.63) is 46.2 Å². The number of piperidine rings is 1. The van der Waals surface area contributed by atoms with Crippen LogP contribution in [0.4, 0.5) is 11.6 Å². The molecule has 10 heteroatoms. The van der Waals surface area contributed by atoms with E-state index in [-0.39, 0.29) is 6.04 Å². The Bertz CT molecular complexity index is 1220. The number of halogens is 2. The third-order valence-electron chi connectivity index (χ3n) is 8.34. The van der Waals surface area contributed by atoms with Crippen molar-refractivity contribution in [3.63, 3.8) is 0 Å². The largest absolute Gasteiger partial charge is 0.381 e. The molecule has 2 unspecified atom stereocenters. The van der Waals surface area contributed by atoms with Crippen molar-refractivity contribution in [2.45, 2.75) is 50.8 Å². The molecule has 8 nitrogen and oxygen atoms in total. The van der Waals surface area contributed by atoms with Gasteiger partial charge >= 0.3 is 0 Å². The van der Waals surface area contributed by atoms with Gasteiger partial charge in [-0.3, -0.25) is 4.90 Å². The highest BCUT2D eigenvalue weighted by atomic mass is 35.5. The van der Waals surface area contributed by atoms with Crippen molar-refractivity contribution >= 4 is 40.6 Å². The summed E-state index contributed by atoms with van der Waals surface area (Å²) in [6.45, 7) is 6.62. The van der Waals surface area contributed by atoms with Crippen molar-refractivity contribution in [1.82, 2.24) is 24.5 Å². The topological polar surface area (TPSA) is 70.8 Å². The molecule has 1 saturated carbocycles. The van der Waals surface area contributed by atoms with E-state index >= 15 is 0 Å². The lowest BCUT2D eigenvalue weighted by molar-refractivity contribution is -0.0438. The number of rotatable bonds is 7. The summed E-state index contributed by atoms with van der Waals surface area (Å²) in [4.78, 5) is 14.3. The zero-order valence-electron chi connectivity index (χ0n) is 20.8. The van der Waals surface area contributed by atoms with Crippen LogP contribution in [-0.2, 0) is 4.74 Å². The molecule has 4 heterocycles. The quantitative estimate of drug-likeness (QED) is 0.465. The maximum Gasteiger partial charge on any atom is 0.256 e. The molecule has 0 bridgehead atoms. The fraction of sp³-hybridized carbons (Fsp3) is 0.577. The number of hydrogen-bond acceptors (Lipinski definition) is 7. The SMILES string of the molecule is CO[C@H]1C[C@@H](N2CCCC(C3CN(c4cc(NC(C)c5ccc(Cl)cc5Cl)n5ncnc5n4)C3)C2)C1. The van der Waals surface area contributed by atoms with Crippen LogP contribution in [-0.4, -0.2) is 69.9 Å². The molecular formula is C26H33Cl2N7O. The van der Waals surface area contributed by atoms with Crippen molar-refractivity contribution < 1.29 is 4.74 Å². The highest BCUT2D eigenvalue weighted by Gasteiger charge is 2.40. The minimum atomic E-state index is -0.0426. The van der Waals surface area contributed by atoms with Gasteiger partial charge in [-0.1, -0.05) is 29.3 Å². The summed E-state index contributed by atoms with van der Waals surface area (Å²) in [5.74, 6) is 3.85. The van der Waals surface area contributed by atoms with Gasteiger partial charge in [0.25, 0.3) is 5.78 Å². The molecule has 3 fully saturated rings. The van der Waals surface area contributed by atoms with E-state index in [1.807, 2.05) is 19.2 Å². The summed E-state index contributed by atoms with van der Waals surface area (Å²) in [5, 5.41) is 9.20. The molecule has 1 aliphatic carbocycles. The van der Waals surface area contributed by atoms with Crippen LogP contribution in [0.5, 0.6) is 0 Å². The predicted octanol–water partition coefficient (Wildman–Crippen LogP) is 4.93. The first-order valence-electron chi connectivity index (χ1n) is 12.9. The van der Waals surface area contributed by atoms with E-state index in [4.69, 9.17) is 32.9 Å². The van der Waals surface area contributed by atoms with E-state index in [9.17, 15) is 0 Å². The summed E-state index contributed by atoms with van der Waals surface area (Å²) in [6, 6.07) is 8.33. The van der Waals surface area contributed by atoms with Crippen molar-refractivity contribution in [1.29, 1.82) is 0 Å².